The van der Waals surface area contributed by atoms with E-state index >= 15 is 0 Å². The van der Waals surface area contributed by atoms with Crippen LogP contribution in [0.2, 0.25) is 0 Å². The minimum atomic E-state index is 0.360. The van der Waals surface area contributed by atoms with Crippen molar-refractivity contribution in [1.82, 2.24) is 5.32 Å². The standard InChI is InChI=1S/C19H31NO/c1-15(2)19(16-8-4-3-5-9-16)13-20-12-17-10-6-7-11-18(17)14-21/h3-5,8-9,15,17-21H,6-7,10-14H2,1-2H3. The van der Waals surface area contributed by atoms with Crippen molar-refractivity contribution < 1.29 is 5.11 Å². The Bertz CT molecular complexity index is 390. The van der Waals surface area contributed by atoms with Gasteiger partial charge in [-0.25, -0.2) is 0 Å². The van der Waals surface area contributed by atoms with Crippen molar-refractivity contribution >= 4 is 0 Å². The van der Waals surface area contributed by atoms with Gasteiger partial charge < -0.3 is 10.4 Å². The first-order valence-electron chi connectivity index (χ1n) is 8.59. The molecule has 0 bridgehead atoms. The van der Waals surface area contributed by atoms with Crippen LogP contribution in [-0.4, -0.2) is 24.8 Å². The quantitative estimate of drug-likeness (QED) is 0.800. The second kappa shape index (κ2) is 8.55. The third-order valence-corrected chi connectivity index (χ3v) is 5.10. The molecule has 2 rings (SSSR count). The van der Waals surface area contributed by atoms with Crippen LogP contribution in [0.3, 0.4) is 0 Å². The molecule has 0 spiro atoms. The molecule has 1 aliphatic rings. The molecule has 3 unspecified atom stereocenters. The van der Waals surface area contributed by atoms with E-state index in [1.807, 2.05) is 0 Å². The van der Waals surface area contributed by atoms with Crippen LogP contribution in [0.5, 0.6) is 0 Å². The van der Waals surface area contributed by atoms with Gasteiger partial charge in [0, 0.05) is 13.2 Å². The van der Waals surface area contributed by atoms with E-state index in [0.29, 0.717) is 30.3 Å². The summed E-state index contributed by atoms with van der Waals surface area (Å²) in [5, 5.41) is 13.2. The molecular weight excluding hydrogens is 258 g/mol. The Labute approximate surface area is 130 Å². The molecule has 0 aliphatic heterocycles. The molecule has 0 radical (unpaired) electrons. The highest BCUT2D eigenvalue weighted by Gasteiger charge is 2.24. The first kappa shape index (κ1) is 16.5. The molecule has 0 aromatic heterocycles. The molecule has 1 aromatic rings. The van der Waals surface area contributed by atoms with Gasteiger partial charge in [-0.1, -0.05) is 57.0 Å². The fourth-order valence-corrected chi connectivity index (χ4v) is 3.66. The van der Waals surface area contributed by atoms with E-state index in [4.69, 9.17) is 0 Å². The van der Waals surface area contributed by atoms with E-state index in [1.165, 1.54) is 31.2 Å². The van der Waals surface area contributed by atoms with Gasteiger partial charge in [-0.15, -0.1) is 0 Å². The van der Waals surface area contributed by atoms with Gasteiger partial charge in [0.25, 0.3) is 0 Å². The number of benzene rings is 1. The molecule has 1 aromatic carbocycles. The Morgan fingerprint density at radius 2 is 1.76 bits per heavy atom. The van der Waals surface area contributed by atoms with E-state index in [0.717, 1.165) is 13.1 Å². The molecule has 118 valence electrons. The minimum absolute atomic E-state index is 0.360. The third-order valence-electron chi connectivity index (χ3n) is 5.10. The fourth-order valence-electron chi connectivity index (χ4n) is 3.66. The molecule has 0 amide bonds. The van der Waals surface area contributed by atoms with Gasteiger partial charge in [-0.3, -0.25) is 0 Å². The number of aliphatic hydroxyl groups excluding tert-OH is 1. The highest BCUT2D eigenvalue weighted by Crippen LogP contribution is 2.29. The van der Waals surface area contributed by atoms with E-state index < -0.39 is 0 Å². The topological polar surface area (TPSA) is 32.3 Å². The maximum absolute atomic E-state index is 9.51. The van der Waals surface area contributed by atoms with Crippen molar-refractivity contribution in [2.45, 2.75) is 45.4 Å². The predicted octanol–water partition coefficient (Wildman–Crippen LogP) is 3.81. The Kier molecular flexibility index (Phi) is 6.72. The lowest BCUT2D eigenvalue weighted by atomic mass is 9.79. The van der Waals surface area contributed by atoms with Crippen molar-refractivity contribution in [3.63, 3.8) is 0 Å². The third kappa shape index (κ3) is 4.82. The summed E-state index contributed by atoms with van der Waals surface area (Å²) in [6, 6.07) is 10.8. The normalized spacial score (nSPS) is 24.2. The number of rotatable bonds is 7. The van der Waals surface area contributed by atoms with Gasteiger partial charge >= 0.3 is 0 Å². The lowest BCUT2D eigenvalue weighted by molar-refractivity contribution is 0.132. The molecule has 21 heavy (non-hydrogen) atoms. The highest BCUT2D eigenvalue weighted by molar-refractivity contribution is 5.20. The molecule has 1 fully saturated rings. The van der Waals surface area contributed by atoms with Crippen molar-refractivity contribution in [2.24, 2.45) is 17.8 Å². The van der Waals surface area contributed by atoms with Crippen LogP contribution >= 0.6 is 0 Å². The van der Waals surface area contributed by atoms with Crippen LogP contribution in [0, 0.1) is 17.8 Å². The van der Waals surface area contributed by atoms with Crippen molar-refractivity contribution in [3.8, 4) is 0 Å². The number of aliphatic hydroxyl groups is 1. The number of hydrogen-bond donors (Lipinski definition) is 2. The molecule has 2 N–H and O–H groups in total. The Hall–Kier alpha value is -0.860. The summed E-state index contributed by atoms with van der Waals surface area (Å²) in [7, 11) is 0. The monoisotopic (exact) mass is 289 g/mol. The molecule has 0 saturated heterocycles. The summed E-state index contributed by atoms with van der Waals surface area (Å²) in [5.41, 5.74) is 1.43. The first-order chi connectivity index (χ1) is 10.2. The largest absolute Gasteiger partial charge is 0.396 e. The highest BCUT2D eigenvalue weighted by atomic mass is 16.3. The maximum atomic E-state index is 9.51. The van der Waals surface area contributed by atoms with Crippen LogP contribution in [0.4, 0.5) is 0 Å². The summed E-state index contributed by atoms with van der Waals surface area (Å²) in [4.78, 5) is 0. The molecular formula is C19H31NO. The van der Waals surface area contributed by atoms with E-state index in [-0.39, 0.29) is 0 Å². The second-order valence-corrected chi connectivity index (χ2v) is 6.91. The van der Waals surface area contributed by atoms with Crippen LogP contribution in [-0.2, 0) is 0 Å². The molecule has 0 heterocycles. The van der Waals surface area contributed by atoms with E-state index in [9.17, 15) is 5.11 Å². The summed E-state index contributed by atoms with van der Waals surface area (Å²) in [6.07, 6.45) is 5.10. The minimum Gasteiger partial charge on any atom is -0.396 e. The fraction of sp³-hybridized carbons (Fsp3) is 0.684. The molecule has 1 saturated carbocycles. The zero-order valence-electron chi connectivity index (χ0n) is 13.6. The van der Waals surface area contributed by atoms with Gasteiger partial charge in [-0.05, 0) is 48.6 Å². The maximum Gasteiger partial charge on any atom is 0.0462 e. The predicted molar refractivity (Wildman–Crippen MR) is 89.4 cm³/mol. The van der Waals surface area contributed by atoms with Gasteiger partial charge in [0.1, 0.15) is 0 Å². The van der Waals surface area contributed by atoms with Crippen molar-refractivity contribution in [2.75, 3.05) is 19.7 Å². The summed E-state index contributed by atoms with van der Waals surface area (Å²) >= 11 is 0. The number of nitrogens with one attached hydrogen (secondary N) is 1. The average molecular weight is 289 g/mol. The Balaban J connectivity index is 1.85. The SMILES string of the molecule is CC(C)C(CNCC1CCCCC1CO)c1ccccc1. The van der Waals surface area contributed by atoms with Crippen LogP contribution in [0.25, 0.3) is 0 Å². The Morgan fingerprint density at radius 3 is 2.38 bits per heavy atom. The number of hydrogen-bond acceptors (Lipinski definition) is 2. The second-order valence-electron chi connectivity index (χ2n) is 6.91. The van der Waals surface area contributed by atoms with Gasteiger partial charge in [0.05, 0.1) is 0 Å². The van der Waals surface area contributed by atoms with Crippen LogP contribution < -0.4 is 5.32 Å². The molecule has 3 atom stereocenters. The zero-order valence-corrected chi connectivity index (χ0v) is 13.6. The van der Waals surface area contributed by atoms with E-state index in [1.54, 1.807) is 0 Å². The lowest BCUT2D eigenvalue weighted by Crippen LogP contribution is -2.35. The molecule has 1 aliphatic carbocycles. The summed E-state index contributed by atoms with van der Waals surface area (Å²) in [5.74, 6) is 2.38. The lowest BCUT2D eigenvalue weighted by Gasteiger charge is -2.31. The first-order valence-corrected chi connectivity index (χ1v) is 8.59. The van der Waals surface area contributed by atoms with E-state index in [2.05, 4.69) is 49.5 Å². The summed E-state index contributed by atoms with van der Waals surface area (Å²) < 4.78 is 0. The van der Waals surface area contributed by atoms with Crippen molar-refractivity contribution in [3.05, 3.63) is 35.9 Å². The zero-order chi connectivity index (χ0) is 15.1. The van der Waals surface area contributed by atoms with Crippen LogP contribution in [0.1, 0.15) is 51.0 Å². The molecule has 2 nitrogen and oxygen atoms in total. The smallest absolute Gasteiger partial charge is 0.0462 e. The van der Waals surface area contributed by atoms with Crippen LogP contribution in [0.15, 0.2) is 30.3 Å². The average Bonchev–Trinajstić information content (AvgIpc) is 2.52. The molecule has 2 heteroatoms. The summed E-state index contributed by atoms with van der Waals surface area (Å²) in [6.45, 7) is 7.06. The van der Waals surface area contributed by atoms with Gasteiger partial charge in [0.15, 0.2) is 0 Å². The Morgan fingerprint density at radius 1 is 1.10 bits per heavy atom. The van der Waals surface area contributed by atoms with Gasteiger partial charge in [0.2, 0.25) is 0 Å². The van der Waals surface area contributed by atoms with Gasteiger partial charge in [-0.2, -0.15) is 0 Å². The van der Waals surface area contributed by atoms with Crippen molar-refractivity contribution in [1.29, 1.82) is 0 Å².